The highest BCUT2D eigenvalue weighted by Crippen LogP contribution is 2.12. The minimum absolute atomic E-state index is 0.377. The summed E-state index contributed by atoms with van der Waals surface area (Å²) in [5.41, 5.74) is 2.48. The number of nitrogens with zero attached hydrogens (tertiary/aromatic N) is 2. The molecular formula is C10H14N4O2. The van der Waals surface area contributed by atoms with Crippen LogP contribution in [0.25, 0.3) is 0 Å². The standard InChI is InChI=1S/C10H14N4O2/c1-14(5-2-4-11)7-9-8(3-6-16-9)10(15)13-12/h3,6H,2,5,7,12H2,1H3,(H,13,15). The number of hydrazine groups is 1. The van der Waals surface area contributed by atoms with E-state index in [1.54, 1.807) is 6.07 Å². The predicted molar refractivity (Wildman–Crippen MR) is 56.9 cm³/mol. The van der Waals surface area contributed by atoms with Crippen molar-refractivity contribution in [2.24, 2.45) is 5.84 Å². The molecule has 1 aromatic rings. The average molecular weight is 222 g/mol. The van der Waals surface area contributed by atoms with Crippen molar-refractivity contribution in [2.45, 2.75) is 13.0 Å². The molecule has 0 aromatic carbocycles. The van der Waals surface area contributed by atoms with E-state index in [0.29, 0.717) is 30.8 Å². The van der Waals surface area contributed by atoms with E-state index in [4.69, 9.17) is 15.5 Å². The van der Waals surface area contributed by atoms with E-state index in [1.807, 2.05) is 11.9 Å². The van der Waals surface area contributed by atoms with E-state index in [0.717, 1.165) is 0 Å². The molecule has 0 atom stereocenters. The molecule has 6 nitrogen and oxygen atoms in total. The summed E-state index contributed by atoms with van der Waals surface area (Å²) in [6.45, 7) is 1.10. The van der Waals surface area contributed by atoms with Crippen LogP contribution in [0, 0.1) is 11.3 Å². The van der Waals surface area contributed by atoms with Gasteiger partial charge in [-0.3, -0.25) is 15.1 Å². The maximum atomic E-state index is 11.3. The zero-order chi connectivity index (χ0) is 12.0. The van der Waals surface area contributed by atoms with Crippen LogP contribution in [0.15, 0.2) is 16.7 Å². The van der Waals surface area contributed by atoms with Gasteiger partial charge in [-0.25, -0.2) is 5.84 Å². The Labute approximate surface area is 93.6 Å². The molecule has 6 heteroatoms. The summed E-state index contributed by atoms with van der Waals surface area (Å²) < 4.78 is 5.20. The molecule has 1 amide bonds. The predicted octanol–water partition coefficient (Wildman–Crippen LogP) is 0.229. The largest absolute Gasteiger partial charge is 0.467 e. The number of hydrogen-bond acceptors (Lipinski definition) is 5. The Balaban J connectivity index is 2.63. The Hall–Kier alpha value is -1.84. The highest BCUT2D eigenvalue weighted by molar-refractivity contribution is 5.94. The van der Waals surface area contributed by atoms with E-state index in [1.165, 1.54) is 6.26 Å². The molecule has 1 aromatic heterocycles. The van der Waals surface area contributed by atoms with Crippen molar-refractivity contribution in [2.75, 3.05) is 13.6 Å². The average Bonchev–Trinajstić information content (AvgIpc) is 2.73. The Morgan fingerprint density at radius 3 is 3.12 bits per heavy atom. The molecule has 0 aliphatic carbocycles. The summed E-state index contributed by atoms with van der Waals surface area (Å²) in [7, 11) is 1.85. The summed E-state index contributed by atoms with van der Waals surface area (Å²) >= 11 is 0. The Bertz CT molecular complexity index is 394. The van der Waals surface area contributed by atoms with Gasteiger partial charge in [0.15, 0.2) is 0 Å². The molecule has 0 aliphatic rings. The Kier molecular flexibility index (Phi) is 4.51. The second kappa shape index (κ2) is 5.90. The quantitative estimate of drug-likeness (QED) is 0.422. The van der Waals surface area contributed by atoms with Crippen LogP contribution in [0.2, 0.25) is 0 Å². The normalized spacial score (nSPS) is 10.1. The van der Waals surface area contributed by atoms with Crippen molar-refractivity contribution >= 4 is 5.91 Å². The molecule has 86 valence electrons. The topological polar surface area (TPSA) is 95.3 Å². The first kappa shape index (κ1) is 12.2. The summed E-state index contributed by atoms with van der Waals surface area (Å²) in [4.78, 5) is 13.2. The number of rotatable bonds is 5. The monoisotopic (exact) mass is 222 g/mol. The maximum Gasteiger partial charge on any atom is 0.268 e. The van der Waals surface area contributed by atoms with Crippen molar-refractivity contribution in [1.29, 1.82) is 5.26 Å². The maximum absolute atomic E-state index is 11.3. The molecule has 0 aliphatic heterocycles. The number of nitrogen functional groups attached to an aromatic ring is 1. The number of amides is 1. The fourth-order valence-corrected chi connectivity index (χ4v) is 1.31. The molecule has 0 saturated carbocycles. The zero-order valence-electron chi connectivity index (χ0n) is 9.06. The number of furan rings is 1. The number of hydrogen-bond donors (Lipinski definition) is 2. The minimum atomic E-state index is -0.377. The van der Waals surface area contributed by atoms with Crippen LogP contribution in [-0.4, -0.2) is 24.4 Å². The molecule has 0 fully saturated rings. The van der Waals surface area contributed by atoms with Crippen LogP contribution in [0.5, 0.6) is 0 Å². The molecule has 0 bridgehead atoms. The SMILES string of the molecule is CN(CCC#N)Cc1occc1C(=O)NN. The van der Waals surface area contributed by atoms with Crippen molar-refractivity contribution in [3.05, 3.63) is 23.7 Å². The van der Waals surface area contributed by atoms with Gasteiger partial charge < -0.3 is 4.42 Å². The minimum Gasteiger partial charge on any atom is -0.467 e. The third kappa shape index (κ3) is 3.08. The molecule has 0 saturated heterocycles. The van der Waals surface area contributed by atoms with Gasteiger partial charge in [0, 0.05) is 13.0 Å². The van der Waals surface area contributed by atoms with Crippen LogP contribution < -0.4 is 11.3 Å². The van der Waals surface area contributed by atoms with Gasteiger partial charge in [-0.05, 0) is 13.1 Å². The van der Waals surface area contributed by atoms with E-state index < -0.39 is 0 Å². The lowest BCUT2D eigenvalue weighted by atomic mass is 10.2. The van der Waals surface area contributed by atoms with Gasteiger partial charge in [-0.1, -0.05) is 0 Å². The van der Waals surface area contributed by atoms with Crippen molar-refractivity contribution in [1.82, 2.24) is 10.3 Å². The van der Waals surface area contributed by atoms with E-state index in [2.05, 4.69) is 11.5 Å². The number of nitrogens with two attached hydrogens (primary N) is 1. The van der Waals surface area contributed by atoms with E-state index in [9.17, 15) is 4.79 Å². The van der Waals surface area contributed by atoms with Crippen molar-refractivity contribution < 1.29 is 9.21 Å². The van der Waals surface area contributed by atoms with Crippen molar-refractivity contribution in [3.63, 3.8) is 0 Å². The summed E-state index contributed by atoms with van der Waals surface area (Å²) in [5, 5.41) is 8.44. The second-order valence-electron chi connectivity index (χ2n) is 3.38. The fourth-order valence-electron chi connectivity index (χ4n) is 1.31. The Morgan fingerprint density at radius 2 is 2.50 bits per heavy atom. The van der Waals surface area contributed by atoms with Gasteiger partial charge >= 0.3 is 0 Å². The third-order valence-electron chi connectivity index (χ3n) is 2.14. The molecule has 1 rings (SSSR count). The smallest absolute Gasteiger partial charge is 0.268 e. The molecular weight excluding hydrogens is 208 g/mol. The number of nitrogens with one attached hydrogen (secondary N) is 1. The van der Waals surface area contributed by atoms with Gasteiger partial charge in [0.05, 0.1) is 24.4 Å². The fraction of sp³-hybridized carbons (Fsp3) is 0.400. The number of carbonyl (C=O) groups excluding carboxylic acids is 1. The second-order valence-corrected chi connectivity index (χ2v) is 3.38. The van der Waals surface area contributed by atoms with Crippen molar-refractivity contribution in [3.8, 4) is 6.07 Å². The number of carbonyl (C=O) groups is 1. The molecule has 1 heterocycles. The first-order valence-electron chi connectivity index (χ1n) is 4.82. The lowest BCUT2D eigenvalue weighted by molar-refractivity contribution is 0.0950. The van der Waals surface area contributed by atoms with Crippen LogP contribution in [0.4, 0.5) is 0 Å². The highest BCUT2D eigenvalue weighted by Gasteiger charge is 2.14. The van der Waals surface area contributed by atoms with Crippen LogP contribution in [0.1, 0.15) is 22.5 Å². The van der Waals surface area contributed by atoms with Gasteiger partial charge in [0.25, 0.3) is 5.91 Å². The molecule has 16 heavy (non-hydrogen) atoms. The van der Waals surface area contributed by atoms with Gasteiger partial charge in [0.2, 0.25) is 0 Å². The number of nitriles is 1. The first-order chi connectivity index (χ1) is 7.69. The Morgan fingerprint density at radius 1 is 1.75 bits per heavy atom. The summed E-state index contributed by atoms with van der Waals surface area (Å²) in [6.07, 6.45) is 1.88. The van der Waals surface area contributed by atoms with E-state index >= 15 is 0 Å². The third-order valence-corrected chi connectivity index (χ3v) is 2.14. The van der Waals surface area contributed by atoms with Crippen LogP contribution in [-0.2, 0) is 6.54 Å². The lowest BCUT2D eigenvalue weighted by Gasteiger charge is -2.13. The summed E-state index contributed by atoms with van der Waals surface area (Å²) in [6, 6.07) is 3.62. The zero-order valence-corrected chi connectivity index (χ0v) is 9.06. The highest BCUT2D eigenvalue weighted by atomic mass is 16.3. The van der Waals surface area contributed by atoms with Gasteiger partial charge in [0.1, 0.15) is 5.76 Å². The molecule has 0 radical (unpaired) electrons. The first-order valence-corrected chi connectivity index (χ1v) is 4.82. The van der Waals surface area contributed by atoms with Gasteiger partial charge in [-0.2, -0.15) is 5.26 Å². The van der Waals surface area contributed by atoms with Gasteiger partial charge in [-0.15, -0.1) is 0 Å². The molecule has 0 spiro atoms. The van der Waals surface area contributed by atoms with Crippen LogP contribution in [0.3, 0.4) is 0 Å². The van der Waals surface area contributed by atoms with Crippen LogP contribution >= 0.6 is 0 Å². The van der Waals surface area contributed by atoms with E-state index in [-0.39, 0.29) is 5.91 Å². The molecule has 3 N–H and O–H groups in total. The lowest BCUT2D eigenvalue weighted by Crippen LogP contribution is -2.31. The summed E-state index contributed by atoms with van der Waals surface area (Å²) in [5.74, 6) is 5.21. The molecule has 0 unspecified atom stereocenters.